The summed E-state index contributed by atoms with van der Waals surface area (Å²) < 4.78 is 34.2. The lowest BCUT2D eigenvalue weighted by Gasteiger charge is -2.34. The number of ether oxygens (including phenoxy) is 1. The summed E-state index contributed by atoms with van der Waals surface area (Å²) in [4.78, 5) is 24.3. The molecule has 1 unspecified atom stereocenters. The average Bonchev–Trinajstić information content (AvgIpc) is 3.03. The Hall–Kier alpha value is -2.72. The molecule has 2 N–H and O–H groups in total. The molecule has 0 aliphatic carbocycles. The molecule has 2 aliphatic rings. The molecule has 0 radical (unpaired) electrons. The molecule has 0 aromatic carbocycles. The fraction of sp³-hybridized carbons (Fsp3) is 0.522. The van der Waals surface area contributed by atoms with Crippen molar-refractivity contribution in [2.45, 2.75) is 63.1 Å². The number of hydrogen-bond acceptors (Lipinski definition) is 8. The van der Waals surface area contributed by atoms with Crippen molar-refractivity contribution < 1.29 is 17.9 Å². The summed E-state index contributed by atoms with van der Waals surface area (Å²) in [5.41, 5.74) is 0.432. The number of fused-ring (bicyclic) bond motifs is 6. The van der Waals surface area contributed by atoms with Crippen LogP contribution in [-0.2, 0) is 20.2 Å². The van der Waals surface area contributed by atoms with Crippen LogP contribution in [0.3, 0.4) is 0 Å². The monoisotopic (exact) mass is 473 g/mol. The van der Waals surface area contributed by atoms with Crippen molar-refractivity contribution in [2.75, 3.05) is 29.9 Å². The predicted molar refractivity (Wildman–Crippen MR) is 126 cm³/mol. The molecule has 9 nitrogen and oxygen atoms in total. The summed E-state index contributed by atoms with van der Waals surface area (Å²) in [6, 6.07) is 8.04. The molecule has 178 valence electrons. The minimum absolute atomic E-state index is 0.0500. The fourth-order valence-electron chi connectivity index (χ4n) is 4.21. The number of carbonyl (C=O) groups excluding carboxylic acids is 1. The van der Waals surface area contributed by atoms with E-state index in [9.17, 15) is 13.2 Å². The first-order valence-corrected chi connectivity index (χ1v) is 12.5. The minimum Gasteiger partial charge on any atom is -0.374 e. The van der Waals surface area contributed by atoms with Gasteiger partial charge in [0.15, 0.2) is 5.03 Å². The van der Waals surface area contributed by atoms with E-state index in [0.29, 0.717) is 31.3 Å². The number of nitrogens with zero attached hydrogens (tertiary/aromatic N) is 3. The van der Waals surface area contributed by atoms with E-state index >= 15 is 0 Å². The van der Waals surface area contributed by atoms with Crippen LogP contribution in [0.5, 0.6) is 0 Å². The second-order valence-corrected chi connectivity index (χ2v) is 11.8. The molecule has 1 amide bonds. The summed E-state index contributed by atoms with van der Waals surface area (Å²) in [6.45, 7) is 11.8. The Morgan fingerprint density at radius 2 is 1.91 bits per heavy atom. The van der Waals surface area contributed by atoms with Crippen molar-refractivity contribution in [3.8, 4) is 0 Å². The van der Waals surface area contributed by atoms with Gasteiger partial charge in [-0.3, -0.25) is 4.79 Å². The van der Waals surface area contributed by atoms with Crippen molar-refractivity contribution in [1.29, 1.82) is 0 Å². The number of aromatic nitrogens is 2. The van der Waals surface area contributed by atoms with Gasteiger partial charge in [0.25, 0.3) is 15.9 Å². The van der Waals surface area contributed by atoms with E-state index in [1.165, 1.54) is 6.07 Å². The van der Waals surface area contributed by atoms with Crippen molar-refractivity contribution in [3.63, 3.8) is 0 Å². The maximum atomic E-state index is 13.3. The zero-order chi connectivity index (χ0) is 24.0. The zero-order valence-electron chi connectivity index (χ0n) is 19.7. The van der Waals surface area contributed by atoms with Crippen LogP contribution in [0.15, 0.2) is 35.4 Å². The maximum absolute atomic E-state index is 13.3. The number of carbonyl (C=O) groups is 1. The smallest absolute Gasteiger partial charge is 0.281 e. The summed E-state index contributed by atoms with van der Waals surface area (Å²) in [7, 11) is -4.18. The standard InChI is InChI=1S/C23H31N5O4S/c1-22(2,3)17-10-9-16-20(25-17)28-14-15(13-23(28,4)5)32-12-11-24-18-7-6-8-19(26-18)33(30,31)27-21(16)29/h6-10,15H,11-14H2,1-5H3,(H,24,26)(H,27,29). The molecule has 2 aromatic rings. The third-order valence-electron chi connectivity index (χ3n) is 5.98. The molecule has 1 saturated heterocycles. The lowest BCUT2D eigenvalue weighted by molar-refractivity contribution is 0.0710. The van der Waals surface area contributed by atoms with Gasteiger partial charge in [0.05, 0.1) is 18.3 Å². The molecule has 4 rings (SSSR count). The van der Waals surface area contributed by atoms with Gasteiger partial charge in [-0.2, -0.15) is 8.42 Å². The highest BCUT2D eigenvalue weighted by Crippen LogP contribution is 2.37. The summed E-state index contributed by atoms with van der Waals surface area (Å²) >= 11 is 0. The van der Waals surface area contributed by atoms with E-state index < -0.39 is 15.9 Å². The molecule has 0 spiro atoms. The van der Waals surface area contributed by atoms with Gasteiger partial charge in [-0.25, -0.2) is 14.7 Å². The number of hydrogen-bond donors (Lipinski definition) is 2. The van der Waals surface area contributed by atoms with E-state index in [-0.39, 0.29) is 27.6 Å². The van der Waals surface area contributed by atoms with E-state index in [0.717, 1.165) is 12.1 Å². The molecule has 2 aromatic heterocycles. The summed E-state index contributed by atoms with van der Waals surface area (Å²) in [6.07, 6.45) is 0.701. The van der Waals surface area contributed by atoms with E-state index in [2.05, 4.69) is 33.8 Å². The number of sulfonamides is 1. The molecule has 10 heteroatoms. The van der Waals surface area contributed by atoms with Crippen LogP contribution in [0, 0.1) is 0 Å². The summed E-state index contributed by atoms with van der Waals surface area (Å²) in [5, 5.41) is 2.85. The second-order valence-electron chi connectivity index (χ2n) is 10.2. The number of pyridine rings is 2. The predicted octanol–water partition coefficient (Wildman–Crippen LogP) is 2.69. The Bertz CT molecular complexity index is 1170. The normalized spacial score (nSPS) is 22.4. The Morgan fingerprint density at radius 1 is 1.15 bits per heavy atom. The number of rotatable bonds is 0. The topological polar surface area (TPSA) is 114 Å². The largest absolute Gasteiger partial charge is 0.374 e. The molecule has 1 fully saturated rings. The lowest BCUT2D eigenvalue weighted by Crippen LogP contribution is -2.41. The molecular weight excluding hydrogens is 442 g/mol. The van der Waals surface area contributed by atoms with E-state index in [4.69, 9.17) is 9.72 Å². The highest BCUT2D eigenvalue weighted by atomic mass is 32.2. The third-order valence-corrected chi connectivity index (χ3v) is 7.21. The van der Waals surface area contributed by atoms with Gasteiger partial charge in [0, 0.05) is 29.7 Å². The highest BCUT2D eigenvalue weighted by molar-refractivity contribution is 7.90. The van der Waals surface area contributed by atoms with Crippen LogP contribution < -0.4 is 14.9 Å². The first-order chi connectivity index (χ1) is 15.4. The fourth-order valence-corrected chi connectivity index (χ4v) is 5.15. The lowest BCUT2D eigenvalue weighted by atomic mass is 9.91. The van der Waals surface area contributed by atoms with Crippen molar-refractivity contribution in [2.24, 2.45) is 0 Å². The molecule has 33 heavy (non-hydrogen) atoms. The molecule has 4 bridgehead atoms. The van der Waals surface area contributed by atoms with Gasteiger partial charge in [0.1, 0.15) is 11.6 Å². The summed E-state index contributed by atoms with van der Waals surface area (Å²) in [5.74, 6) is 0.114. The quantitative estimate of drug-likeness (QED) is 0.600. The van der Waals surface area contributed by atoms with E-state index in [1.807, 2.05) is 20.8 Å². The Balaban J connectivity index is 1.84. The molecule has 0 saturated carbocycles. The van der Waals surface area contributed by atoms with Crippen LogP contribution in [0.2, 0.25) is 0 Å². The third kappa shape index (κ3) is 4.81. The number of nitrogens with one attached hydrogen (secondary N) is 2. The SMILES string of the molecule is CC(C)(C)c1ccc2c(n1)N1CC(CC1(C)C)OCCNc1cccc(n1)S(=O)(=O)NC2=O. The van der Waals surface area contributed by atoms with Crippen LogP contribution in [0.25, 0.3) is 0 Å². The Kier molecular flexibility index (Phi) is 5.86. The molecule has 1 atom stereocenters. The first-order valence-electron chi connectivity index (χ1n) is 11.1. The van der Waals surface area contributed by atoms with Gasteiger partial charge in [-0.1, -0.05) is 26.8 Å². The van der Waals surface area contributed by atoms with Crippen LogP contribution in [-0.4, -0.2) is 55.6 Å². The van der Waals surface area contributed by atoms with Crippen molar-refractivity contribution in [3.05, 3.63) is 41.6 Å². The van der Waals surface area contributed by atoms with Crippen LogP contribution in [0.1, 0.15) is 57.1 Å². The maximum Gasteiger partial charge on any atom is 0.281 e. The van der Waals surface area contributed by atoms with Gasteiger partial charge in [-0.05, 0) is 44.5 Å². The average molecular weight is 474 g/mol. The van der Waals surface area contributed by atoms with Gasteiger partial charge >= 0.3 is 0 Å². The van der Waals surface area contributed by atoms with Gasteiger partial charge in [-0.15, -0.1) is 0 Å². The molecular formula is C23H31N5O4S. The van der Waals surface area contributed by atoms with Crippen LogP contribution in [0.4, 0.5) is 11.6 Å². The van der Waals surface area contributed by atoms with Gasteiger partial charge < -0.3 is 15.0 Å². The van der Waals surface area contributed by atoms with Crippen molar-refractivity contribution in [1.82, 2.24) is 14.7 Å². The highest BCUT2D eigenvalue weighted by Gasteiger charge is 2.42. The number of amides is 1. The van der Waals surface area contributed by atoms with Crippen LogP contribution >= 0.6 is 0 Å². The Labute approximate surface area is 195 Å². The second kappa shape index (κ2) is 8.25. The molecule has 2 aliphatic heterocycles. The van der Waals surface area contributed by atoms with E-state index in [1.54, 1.807) is 24.3 Å². The molecule has 4 heterocycles. The zero-order valence-corrected chi connectivity index (χ0v) is 20.5. The van der Waals surface area contributed by atoms with Crippen molar-refractivity contribution >= 4 is 27.6 Å². The minimum atomic E-state index is -4.18. The number of anilines is 2. The first kappa shape index (κ1) is 23.4. The van der Waals surface area contributed by atoms with Gasteiger partial charge in [0.2, 0.25) is 0 Å². The Morgan fingerprint density at radius 3 is 2.64 bits per heavy atom.